The molecule has 0 radical (unpaired) electrons. The summed E-state index contributed by atoms with van der Waals surface area (Å²) < 4.78 is 0. The van der Waals surface area contributed by atoms with Crippen molar-refractivity contribution in [2.75, 3.05) is 44.7 Å². The highest BCUT2D eigenvalue weighted by Crippen LogP contribution is 2.13. The largest absolute Gasteiger partial charge is 0.357 e. The van der Waals surface area contributed by atoms with Crippen LogP contribution >= 0.6 is 0 Å². The number of anilines is 1. The molecule has 114 valence electrons. The van der Waals surface area contributed by atoms with Crippen LogP contribution in [0.3, 0.4) is 0 Å². The summed E-state index contributed by atoms with van der Waals surface area (Å²) in [6.07, 6.45) is 3.10. The van der Waals surface area contributed by atoms with Crippen molar-refractivity contribution in [2.45, 2.75) is 33.7 Å². The number of nitrogens with zero attached hydrogens (tertiary/aromatic N) is 3. The molecule has 4 nitrogen and oxygen atoms in total. The average Bonchev–Trinajstić information content (AvgIpc) is 2.48. The zero-order valence-corrected chi connectivity index (χ0v) is 13.5. The third kappa shape index (κ3) is 5.47. The van der Waals surface area contributed by atoms with Crippen molar-refractivity contribution in [3.05, 3.63) is 23.9 Å². The molecule has 0 spiro atoms. The minimum absolute atomic E-state index is 0.895. The quantitative estimate of drug-likeness (QED) is 0.712. The first-order valence-corrected chi connectivity index (χ1v) is 7.81. The second kappa shape index (κ2) is 9.72. The van der Waals surface area contributed by atoms with Crippen LogP contribution in [0.4, 0.5) is 5.82 Å². The van der Waals surface area contributed by atoms with Crippen molar-refractivity contribution in [1.82, 2.24) is 15.2 Å². The van der Waals surface area contributed by atoms with Crippen molar-refractivity contribution in [3.8, 4) is 0 Å². The van der Waals surface area contributed by atoms with E-state index in [1.807, 2.05) is 13.2 Å². The normalized spacial score (nSPS) is 11.1. The van der Waals surface area contributed by atoms with Gasteiger partial charge in [0.25, 0.3) is 0 Å². The van der Waals surface area contributed by atoms with E-state index in [4.69, 9.17) is 0 Å². The lowest BCUT2D eigenvalue weighted by molar-refractivity contribution is 0.300. The zero-order valence-electron chi connectivity index (χ0n) is 13.5. The van der Waals surface area contributed by atoms with Crippen molar-refractivity contribution in [2.24, 2.45) is 0 Å². The average molecular weight is 278 g/mol. The predicted octanol–water partition coefficient (Wildman–Crippen LogP) is 2.36. The summed E-state index contributed by atoms with van der Waals surface area (Å²) in [5.74, 6) is 1.10. The van der Waals surface area contributed by atoms with Gasteiger partial charge in [-0.1, -0.05) is 13.8 Å². The first kappa shape index (κ1) is 16.9. The minimum Gasteiger partial charge on any atom is -0.357 e. The van der Waals surface area contributed by atoms with Gasteiger partial charge in [-0.3, -0.25) is 0 Å². The molecule has 1 N–H and O–H groups in total. The van der Waals surface area contributed by atoms with E-state index >= 15 is 0 Å². The molecule has 0 aromatic carbocycles. The van der Waals surface area contributed by atoms with Gasteiger partial charge >= 0.3 is 0 Å². The molecule has 20 heavy (non-hydrogen) atoms. The molecule has 0 aliphatic rings. The maximum atomic E-state index is 4.52. The van der Waals surface area contributed by atoms with Crippen LogP contribution in [0, 0.1) is 0 Å². The number of hydrogen-bond acceptors (Lipinski definition) is 4. The summed E-state index contributed by atoms with van der Waals surface area (Å²) >= 11 is 0. The summed E-state index contributed by atoms with van der Waals surface area (Å²) in [5, 5.41) is 3.19. The predicted molar refractivity (Wildman–Crippen MR) is 87.3 cm³/mol. The van der Waals surface area contributed by atoms with Crippen LogP contribution < -0.4 is 10.2 Å². The molecule has 0 unspecified atom stereocenters. The highest BCUT2D eigenvalue weighted by molar-refractivity contribution is 5.40. The molecule has 0 aliphatic heterocycles. The fourth-order valence-electron chi connectivity index (χ4n) is 2.41. The van der Waals surface area contributed by atoms with Gasteiger partial charge in [-0.15, -0.1) is 0 Å². The van der Waals surface area contributed by atoms with Crippen molar-refractivity contribution in [1.29, 1.82) is 0 Å². The van der Waals surface area contributed by atoms with Crippen LogP contribution in [0.1, 0.15) is 32.8 Å². The number of pyridine rings is 1. The third-order valence-corrected chi connectivity index (χ3v) is 3.69. The van der Waals surface area contributed by atoms with Crippen molar-refractivity contribution >= 4 is 5.82 Å². The van der Waals surface area contributed by atoms with Gasteiger partial charge in [0.1, 0.15) is 5.82 Å². The molecular formula is C16H30N4. The van der Waals surface area contributed by atoms with Gasteiger partial charge in [0.05, 0.1) is 0 Å². The fourth-order valence-corrected chi connectivity index (χ4v) is 2.41. The van der Waals surface area contributed by atoms with Crippen molar-refractivity contribution in [3.63, 3.8) is 0 Å². The Morgan fingerprint density at radius 2 is 1.85 bits per heavy atom. The van der Waals surface area contributed by atoms with Gasteiger partial charge in [-0.25, -0.2) is 4.98 Å². The Labute approximate surface area is 124 Å². The van der Waals surface area contributed by atoms with Gasteiger partial charge in [-0.05, 0) is 57.7 Å². The topological polar surface area (TPSA) is 31.4 Å². The van der Waals surface area contributed by atoms with E-state index in [0.717, 1.165) is 38.5 Å². The van der Waals surface area contributed by atoms with E-state index in [9.17, 15) is 0 Å². The maximum Gasteiger partial charge on any atom is 0.128 e. The Bertz CT molecular complexity index is 363. The Morgan fingerprint density at radius 1 is 1.10 bits per heavy atom. The van der Waals surface area contributed by atoms with E-state index in [2.05, 4.69) is 53.0 Å². The van der Waals surface area contributed by atoms with Crippen LogP contribution in [-0.4, -0.2) is 49.7 Å². The number of aromatic nitrogens is 1. The Balaban J connectivity index is 2.54. The summed E-state index contributed by atoms with van der Waals surface area (Å²) in [5.41, 5.74) is 1.29. The van der Waals surface area contributed by atoms with Gasteiger partial charge in [-0.2, -0.15) is 0 Å². The molecule has 0 fully saturated rings. The molecule has 0 atom stereocenters. The maximum absolute atomic E-state index is 4.52. The molecule has 0 aliphatic carbocycles. The molecule has 0 saturated heterocycles. The summed E-state index contributed by atoms with van der Waals surface area (Å²) in [7, 11) is 1.97. The van der Waals surface area contributed by atoms with E-state index in [0.29, 0.717) is 0 Å². The first-order chi connectivity index (χ1) is 9.74. The van der Waals surface area contributed by atoms with Crippen LogP contribution in [0.5, 0.6) is 0 Å². The Kier molecular flexibility index (Phi) is 8.23. The molecular weight excluding hydrogens is 248 g/mol. The SMILES string of the molecule is CCN(CC)CCCN(CC)c1cc(CNC)ccn1. The highest BCUT2D eigenvalue weighted by Gasteiger charge is 2.07. The van der Waals surface area contributed by atoms with Gasteiger partial charge in [0, 0.05) is 25.8 Å². The van der Waals surface area contributed by atoms with Gasteiger partial charge in [0.2, 0.25) is 0 Å². The summed E-state index contributed by atoms with van der Waals surface area (Å²) in [4.78, 5) is 9.35. The van der Waals surface area contributed by atoms with Crippen LogP contribution in [0.2, 0.25) is 0 Å². The second-order valence-electron chi connectivity index (χ2n) is 5.01. The molecule has 4 heteroatoms. The Hall–Kier alpha value is -1.13. The number of rotatable bonds is 10. The van der Waals surface area contributed by atoms with Gasteiger partial charge in [0.15, 0.2) is 0 Å². The minimum atomic E-state index is 0.895. The zero-order chi connectivity index (χ0) is 14.8. The van der Waals surface area contributed by atoms with Gasteiger partial charge < -0.3 is 15.1 Å². The lowest BCUT2D eigenvalue weighted by Gasteiger charge is -2.24. The summed E-state index contributed by atoms with van der Waals surface area (Å²) in [6, 6.07) is 4.27. The highest BCUT2D eigenvalue weighted by atomic mass is 15.2. The molecule has 1 aromatic rings. The smallest absolute Gasteiger partial charge is 0.128 e. The van der Waals surface area contributed by atoms with Crippen LogP contribution in [-0.2, 0) is 6.54 Å². The van der Waals surface area contributed by atoms with E-state index in [1.54, 1.807) is 0 Å². The van der Waals surface area contributed by atoms with Crippen LogP contribution in [0.25, 0.3) is 0 Å². The molecule has 1 aromatic heterocycles. The monoisotopic (exact) mass is 278 g/mol. The molecule has 0 amide bonds. The first-order valence-electron chi connectivity index (χ1n) is 7.81. The summed E-state index contributed by atoms with van der Waals surface area (Å²) in [6.45, 7) is 13.1. The molecule has 1 rings (SSSR count). The third-order valence-electron chi connectivity index (χ3n) is 3.69. The van der Waals surface area contributed by atoms with E-state index in [1.165, 1.54) is 18.5 Å². The Morgan fingerprint density at radius 3 is 2.45 bits per heavy atom. The lowest BCUT2D eigenvalue weighted by atomic mass is 10.2. The molecule has 0 saturated carbocycles. The van der Waals surface area contributed by atoms with E-state index in [-0.39, 0.29) is 0 Å². The fraction of sp³-hybridized carbons (Fsp3) is 0.688. The standard InChI is InChI=1S/C16H30N4/c1-5-19(6-2)11-8-12-20(7-3)16-13-15(14-17-4)9-10-18-16/h9-10,13,17H,5-8,11-12,14H2,1-4H3. The van der Waals surface area contributed by atoms with Crippen molar-refractivity contribution < 1.29 is 0 Å². The number of nitrogens with one attached hydrogen (secondary N) is 1. The molecule has 0 bridgehead atoms. The lowest BCUT2D eigenvalue weighted by Crippen LogP contribution is -2.30. The van der Waals surface area contributed by atoms with Crippen LogP contribution in [0.15, 0.2) is 18.3 Å². The number of hydrogen-bond donors (Lipinski definition) is 1. The second-order valence-corrected chi connectivity index (χ2v) is 5.01. The molecule has 1 heterocycles. The van der Waals surface area contributed by atoms with E-state index < -0.39 is 0 Å².